The van der Waals surface area contributed by atoms with Gasteiger partial charge in [0.1, 0.15) is 5.82 Å². The molecule has 2 N–H and O–H groups in total. The Morgan fingerprint density at radius 1 is 1.27 bits per heavy atom. The fourth-order valence-corrected chi connectivity index (χ4v) is 3.10. The van der Waals surface area contributed by atoms with E-state index >= 15 is 0 Å². The quantitative estimate of drug-likeness (QED) is 0.542. The van der Waals surface area contributed by atoms with Gasteiger partial charge in [-0.15, -0.1) is 0 Å². The lowest BCUT2D eigenvalue weighted by Gasteiger charge is -2.32. The van der Waals surface area contributed by atoms with Gasteiger partial charge in [-0.25, -0.2) is 4.39 Å². The van der Waals surface area contributed by atoms with Gasteiger partial charge in [-0.3, -0.25) is 4.99 Å². The number of benzene rings is 1. The highest BCUT2D eigenvalue weighted by Crippen LogP contribution is 2.12. The molecule has 1 fully saturated rings. The summed E-state index contributed by atoms with van der Waals surface area (Å²) in [5.41, 5.74) is 1.56. The second kappa shape index (κ2) is 11.1. The largest absolute Gasteiger partial charge is 0.383 e. The van der Waals surface area contributed by atoms with E-state index in [0.717, 1.165) is 50.6 Å². The lowest BCUT2D eigenvalue weighted by atomic mass is 10.1. The van der Waals surface area contributed by atoms with Crippen molar-refractivity contribution >= 4 is 5.96 Å². The summed E-state index contributed by atoms with van der Waals surface area (Å²) in [7, 11) is 5.07. The van der Waals surface area contributed by atoms with E-state index in [1.54, 1.807) is 27.3 Å². The van der Waals surface area contributed by atoms with Crippen LogP contribution < -0.4 is 10.6 Å². The van der Waals surface area contributed by atoms with Crippen molar-refractivity contribution in [2.45, 2.75) is 32.0 Å². The molecular weight excluding hydrogens is 335 g/mol. The van der Waals surface area contributed by atoms with Gasteiger partial charge in [0, 0.05) is 59.1 Å². The van der Waals surface area contributed by atoms with E-state index in [1.807, 2.05) is 6.07 Å². The molecule has 0 spiro atoms. The molecule has 1 aromatic rings. The molecule has 1 aliphatic rings. The van der Waals surface area contributed by atoms with Crippen LogP contribution in [0.5, 0.6) is 0 Å². The first-order valence-electron chi connectivity index (χ1n) is 9.11. The van der Waals surface area contributed by atoms with Crippen LogP contribution in [0.15, 0.2) is 23.2 Å². The molecule has 1 heterocycles. The molecule has 1 aliphatic heterocycles. The van der Waals surface area contributed by atoms with Crippen molar-refractivity contribution in [3.63, 3.8) is 0 Å². The number of rotatable bonds is 8. The number of guanidine groups is 1. The smallest absolute Gasteiger partial charge is 0.191 e. The van der Waals surface area contributed by atoms with Gasteiger partial charge < -0.3 is 25.0 Å². The maximum absolute atomic E-state index is 13.7. The van der Waals surface area contributed by atoms with Crippen molar-refractivity contribution in [2.75, 3.05) is 47.5 Å². The Hall–Kier alpha value is -1.70. The number of ether oxygens (including phenoxy) is 2. The average molecular weight is 366 g/mol. The Labute approximate surface area is 155 Å². The van der Waals surface area contributed by atoms with Crippen LogP contribution in [0, 0.1) is 5.82 Å². The molecule has 0 unspecified atom stereocenters. The van der Waals surface area contributed by atoms with Gasteiger partial charge in [0.2, 0.25) is 0 Å². The third kappa shape index (κ3) is 6.55. The molecular formula is C19H31FN4O2. The van der Waals surface area contributed by atoms with Crippen LogP contribution in [0.2, 0.25) is 0 Å². The van der Waals surface area contributed by atoms with E-state index < -0.39 is 0 Å². The maximum atomic E-state index is 13.7. The van der Waals surface area contributed by atoms with Crippen LogP contribution in [-0.4, -0.2) is 64.4 Å². The van der Waals surface area contributed by atoms with Crippen LogP contribution in [0.1, 0.15) is 24.0 Å². The zero-order valence-corrected chi connectivity index (χ0v) is 16.1. The summed E-state index contributed by atoms with van der Waals surface area (Å²) < 4.78 is 23.9. The molecule has 146 valence electrons. The Morgan fingerprint density at radius 3 is 2.69 bits per heavy atom. The molecule has 0 aromatic heterocycles. The zero-order chi connectivity index (χ0) is 18.8. The molecule has 1 aromatic carbocycles. The van der Waals surface area contributed by atoms with Crippen molar-refractivity contribution in [3.05, 3.63) is 35.1 Å². The van der Waals surface area contributed by atoms with Crippen LogP contribution in [0.3, 0.4) is 0 Å². The number of piperidine rings is 1. The van der Waals surface area contributed by atoms with Crippen molar-refractivity contribution < 1.29 is 13.9 Å². The molecule has 0 atom stereocenters. The summed E-state index contributed by atoms with van der Waals surface area (Å²) in [4.78, 5) is 6.73. The molecule has 0 radical (unpaired) electrons. The van der Waals surface area contributed by atoms with E-state index in [4.69, 9.17) is 9.47 Å². The van der Waals surface area contributed by atoms with Crippen molar-refractivity contribution in [2.24, 2.45) is 4.99 Å². The molecule has 26 heavy (non-hydrogen) atoms. The number of nitrogens with zero attached hydrogens (tertiary/aromatic N) is 2. The predicted molar refractivity (Wildman–Crippen MR) is 102 cm³/mol. The molecule has 0 aliphatic carbocycles. The molecule has 0 amide bonds. The highest BCUT2D eigenvalue weighted by molar-refractivity contribution is 5.79. The fraction of sp³-hybridized carbons (Fsp3) is 0.632. The van der Waals surface area contributed by atoms with Crippen molar-refractivity contribution in [3.8, 4) is 0 Å². The van der Waals surface area contributed by atoms with E-state index in [0.29, 0.717) is 18.2 Å². The Bertz CT molecular complexity index is 575. The lowest BCUT2D eigenvalue weighted by molar-refractivity contribution is 0.128. The average Bonchev–Trinajstić information content (AvgIpc) is 2.67. The van der Waals surface area contributed by atoms with Crippen LogP contribution in [-0.2, 0) is 22.6 Å². The number of methoxy groups -OCH3 is 2. The number of hydrogen-bond donors (Lipinski definition) is 2. The minimum atomic E-state index is -0.238. The lowest BCUT2D eigenvalue weighted by Crippen LogP contribution is -2.48. The number of likely N-dealkylation sites (tertiary alicyclic amines) is 1. The Kier molecular flexibility index (Phi) is 8.80. The SMILES string of the molecule is CN=C(NCc1ccc(F)c(COC)c1)NC1CCN(CCOC)CC1. The van der Waals surface area contributed by atoms with Crippen molar-refractivity contribution in [1.29, 1.82) is 0 Å². The normalized spacial score (nSPS) is 16.7. The van der Waals surface area contributed by atoms with Gasteiger partial charge >= 0.3 is 0 Å². The van der Waals surface area contributed by atoms with E-state index in [2.05, 4.69) is 20.5 Å². The standard InChI is InChI=1S/C19H31FN4O2/c1-21-19(23-17-6-8-24(9-7-17)10-11-25-2)22-13-15-4-5-18(20)16(12-15)14-26-3/h4-5,12,17H,6-11,13-14H2,1-3H3,(H2,21,22,23). The molecule has 2 rings (SSSR count). The summed E-state index contributed by atoms with van der Waals surface area (Å²) in [6, 6.07) is 5.51. The molecule has 0 bridgehead atoms. The van der Waals surface area contributed by atoms with Gasteiger partial charge in [0.05, 0.1) is 13.2 Å². The minimum absolute atomic E-state index is 0.238. The number of aliphatic imine (C=N–C) groups is 1. The zero-order valence-electron chi connectivity index (χ0n) is 16.1. The number of halogens is 1. The van der Waals surface area contributed by atoms with Crippen molar-refractivity contribution in [1.82, 2.24) is 15.5 Å². The van der Waals surface area contributed by atoms with E-state index in [1.165, 1.54) is 6.07 Å². The summed E-state index contributed by atoms with van der Waals surface area (Å²) in [6.45, 7) is 4.76. The fourth-order valence-electron chi connectivity index (χ4n) is 3.10. The maximum Gasteiger partial charge on any atom is 0.191 e. The molecule has 6 nitrogen and oxygen atoms in total. The predicted octanol–water partition coefficient (Wildman–Crippen LogP) is 1.75. The third-order valence-electron chi connectivity index (χ3n) is 4.63. The summed E-state index contributed by atoms with van der Waals surface area (Å²) >= 11 is 0. The van der Waals surface area contributed by atoms with Crippen LogP contribution >= 0.6 is 0 Å². The van der Waals surface area contributed by atoms with Gasteiger partial charge in [0.15, 0.2) is 5.96 Å². The minimum Gasteiger partial charge on any atom is -0.383 e. The van der Waals surface area contributed by atoms with Gasteiger partial charge in [-0.2, -0.15) is 0 Å². The summed E-state index contributed by atoms with van der Waals surface area (Å²) in [6.07, 6.45) is 2.16. The van der Waals surface area contributed by atoms with Crippen LogP contribution in [0.25, 0.3) is 0 Å². The highest BCUT2D eigenvalue weighted by atomic mass is 19.1. The first-order chi connectivity index (χ1) is 12.7. The van der Waals surface area contributed by atoms with E-state index in [-0.39, 0.29) is 12.4 Å². The Balaban J connectivity index is 1.79. The van der Waals surface area contributed by atoms with Gasteiger partial charge in [-0.1, -0.05) is 6.07 Å². The summed E-state index contributed by atoms with van der Waals surface area (Å²) in [5, 5.41) is 6.80. The van der Waals surface area contributed by atoms with Gasteiger partial charge in [-0.05, 0) is 30.5 Å². The number of nitrogens with one attached hydrogen (secondary N) is 2. The third-order valence-corrected chi connectivity index (χ3v) is 4.63. The first-order valence-corrected chi connectivity index (χ1v) is 9.11. The Morgan fingerprint density at radius 2 is 2.04 bits per heavy atom. The molecule has 0 saturated carbocycles. The monoisotopic (exact) mass is 366 g/mol. The second-order valence-electron chi connectivity index (χ2n) is 6.54. The summed E-state index contributed by atoms with van der Waals surface area (Å²) in [5.74, 6) is 0.538. The van der Waals surface area contributed by atoms with Gasteiger partial charge in [0.25, 0.3) is 0 Å². The number of hydrogen-bond acceptors (Lipinski definition) is 4. The van der Waals surface area contributed by atoms with E-state index in [9.17, 15) is 4.39 Å². The molecule has 7 heteroatoms. The topological polar surface area (TPSA) is 58.1 Å². The first kappa shape index (κ1) is 20.6. The van der Waals surface area contributed by atoms with Crippen LogP contribution in [0.4, 0.5) is 4.39 Å². The second-order valence-corrected chi connectivity index (χ2v) is 6.54. The highest BCUT2D eigenvalue weighted by Gasteiger charge is 2.19. The molecule has 1 saturated heterocycles.